The van der Waals surface area contributed by atoms with Gasteiger partial charge in [-0.3, -0.25) is 71.9 Å². The van der Waals surface area contributed by atoms with Crippen molar-refractivity contribution in [3.05, 3.63) is 137 Å². The van der Waals surface area contributed by atoms with E-state index >= 15 is 28.8 Å². The van der Waals surface area contributed by atoms with Gasteiger partial charge in [-0.1, -0.05) is 121 Å². The number of carbonyl (C=O) groups excluding carboxylic acids is 13. The molecule has 0 spiro atoms. The lowest BCUT2D eigenvalue weighted by Gasteiger charge is -2.31. The number of hydrogen-bond acceptors (Lipinski definition) is 21. The fourth-order valence-corrected chi connectivity index (χ4v) is 17.5. The number of carboxylic acids is 2. The number of rotatable bonds is 40. The monoisotopic (exact) mass is 1800 g/mol. The third kappa shape index (κ3) is 30.5. The fraction of sp³-hybridized carbons (Fsp3) is 0.511. The molecule has 0 saturated carbocycles. The molecule has 0 aliphatic carbocycles. The Morgan fingerprint density at radius 3 is 1.75 bits per heavy atom. The van der Waals surface area contributed by atoms with Crippen molar-refractivity contribution < 1.29 is 87.2 Å². The Morgan fingerprint density at radius 1 is 0.587 bits per heavy atom. The molecule has 8 rings (SSSR count). The van der Waals surface area contributed by atoms with Crippen molar-refractivity contribution in [1.82, 2.24) is 73.4 Å². The van der Waals surface area contributed by atoms with E-state index in [0.29, 0.717) is 69.3 Å². The van der Waals surface area contributed by atoms with Crippen molar-refractivity contribution in [3.63, 3.8) is 0 Å². The highest BCUT2D eigenvalue weighted by atomic mass is 32.2. The number of H-pyrrole nitrogens is 2. The summed E-state index contributed by atoms with van der Waals surface area (Å²) in [6, 6.07) is 8.84. The molecule has 14 atom stereocenters. The Hall–Kier alpha value is -11.2. The summed E-state index contributed by atoms with van der Waals surface area (Å²) in [5.41, 5.74) is 22.4. The number of aromatic amines is 2. The number of primary amides is 1. The number of para-hydroxylation sites is 2. The summed E-state index contributed by atoms with van der Waals surface area (Å²) < 4.78 is 0. The molecule has 38 heteroatoms. The van der Waals surface area contributed by atoms with E-state index in [2.05, 4.69) is 68.5 Å². The molecule has 1 fully saturated rings. The van der Waals surface area contributed by atoms with Crippen LogP contribution in [0.15, 0.2) is 109 Å². The number of nitrogens with one attached hydrogen (secondary N) is 13. The number of unbranched alkanes of at least 4 members (excludes halogenated alkanes) is 1. The van der Waals surface area contributed by atoms with Gasteiger partial charge in [0.2, 0.25) is 76.8 Å². The predicted octanol–water partition coefficient (Wildman–Crippen LogP) is 3.06. The van der Waals surface area contributed by atoms with Crippen LogP contribution < -0.4 is 75.7 Å². The van der Waals surface area contributed by atoms with E-state index in [1.165, 1.54) is 64.5 Å². The Morgan fingerprint density at radius 2 is 1.15 bits per heavy atom. The van der Waals surface area contributed by atoms with Gasteiger partial charge in [-0.05, 0) is 146 Å². The van der Waals surface area contributed by atoms with E-state index in [1.54, 1.807) is 81.7 Å². The van der Waals surface area contributed by atoms with Gasteiger partial charge in [0, 0.05) is 89.4 Å². The number of likely N-dealkylation sites (tertiary alicyclic amines) is 1. The Bertz CT molecular complexity index is 4780. The average molecular weight is 1800 g/mol. The molecule has 4 aromatic carbocycles. The molecule has 4 heterocycles. The molecule has 2 aromatic heterocycles. The third-order valence-corrected chi connectivity index (χ3v) is 24.9. The van der Waals surface area contributed by atoms with Gasteiger partial charge in [0.25, 0.3) is 0 Å². The van der Waals surface area contributed by atoms with Crippen molar-refractivity contribution in [2.75, 3.05) is 36.6 Å². The lowest BCUT2D eigenvalue weighted by atomic mass is 9.96. The number of carboxylic acid groups (broad SMARTS) is 2. The van der Waals surface area contributed by atoms with E-state index in [1.807, 2.05) is 51.3 Å². The van der Waals surface area contributed by atoms with Gasteiger partial charge in [0.1, 0.15) is 78.3 Å². The first-order valence-electron chi connectivity index (χ1n) is 42.6. The van der Waals surface area contributed by atoms with Crippen LogP contribution in [0.1, 0.15) is 146 Å². The molecule has 22 N–H and O–H groups in total. The zero-order valence-electron chi connectivity index (χ0n) is 72.1. The number of aromatic nitrogens is 2. The maximum Gasteiger partial charge on any atom is 0.305 e. The Balaban J connectivity index is 1.07. The minimum Gasteiger partial charge on any atom is -0.508 e. The number of nitrogens with two attached hydrogens (primary N) is 3. The summed E-state index contributed by atoms with van der Waals surface area (Å²) in [5.74, 6) is -14.1. The highest BCUT2D eigenvalue weighted by molar-refractivity contribution is 7.99. The van der Waals surface area contributed by atoms with Crippen LogP contribution in [0.25, 0.3) is 21.8 Å². The number of phenolic OH excluding ortho intramolecular Hbond substituents is 1. The molecule has 2 aliphatic heterocycles. The molecule has 0 radical (unpaired) electrons. The van der Waals surface area contributed by atoms with Crippen LogP contribution in [0.5, 0.6) is 5.75 Å². The smallest absolute Gasteiger partial charge is 0.305 e. The van der Waals surface area contributed by atoms with Gasteiger partial charge in [-0.2, -0.15) is 35.3 Å². The lowest BCUT2D eigenvalue weighted by Crippen LogP contribution is -2.61. The molecule has 126 heavy (non-hydrogen) atoms. The number of amides is 13. The molecular weight excluding hydrogens is 1680 g/mol. The fourth-order valence-electron chi connectivity index (χ4n) is 14.9. The lowest BCUT2D eigenvalue weighted by molar-refractivity contribution is -0.143. The van der Waals surface area contributed by atoms with Crippen LogP contribution in [-0.2, 0) is 103 Å². The second-order valence-electron chi connectivity index (χ2n) is 32.9. The van der Waals surface area contributed by atoms with Gasteiger partial charge < -0.3 is 106 Å². The number of phenols is 1. The number of nitrogens with zero attached hydrogens (tertiary/aromatic N) is 1. The molecule has 0 unspecified atom stereocenters. The standard InChI is InChI=1S/C88H121N17O18S3/c1-8-50(6)75-87(122)102-70(76(91)111)46-125-44-52-17-15-18-53(37-52)45-126-47-71(85(120)94-62(23-13-14-32-89)78(113)98-65(36-49(4)5)84(119)104-75)103-80(115)64(35-48(2)3)97-79(114)63(29-30-73(107)108)95-86(121)72-24-16-33-105(72)88(123)69(40-55-43-93-61-22-12-10-20-58(55)61)101-82(117)67(39-54-42-92-60-21-11-9-19-57(54)60)99-83(118)68(41-74(109)110)100-81(116)66(38-51-25-27-56(106)28-26-51)96-77(112)59(90)31-34-124-7/h9-12,15,17-22,25-28,37,42-43,48-50,59,62-72,75,92-93,106H,8,13-14,16,23-24,29-36,38-41,44-47,89-90H2,1-7H3,(H2,91,111)(H,94,120)(H,95,121)(H,96,112)(H,97,114)(H,98,113)(H,99,118)(H,100,116)(H,101,117)(H,102,122)(H,103,115)(H,104,119)(H,107,108)(H,109,110)/t50-,59-,62-,63-,64-,65-,66-,67-,68-,69-,70-,71-,72-,75-/m0/s1. The van der Waals surface area contributed by atoms with Gasteiger partial charge in [-0.15, -0.1) is 0 Å². The van der Waals surface area contributed by atoms with Gasteiger partial charge >= 0.3 is 11.9 Å². The number of fused-ring (bicyclic) bond motifs is 4. The van der Waals surface area contributed by atoms with E-state index in [9.17, 15) is 58.5 Å². The number of hydrogen-bond donors (Lipinski definition) is 19. The van der Waals surface area contributed by atoms with Crippen molar-refractivity contribution >= 4 is 146 Å². The molecular formula is C88H121N17O18S3. The normalized spacial score (nSPS) is 19.4. The molecule has 1 saturated heterocycles. The van der Waals surface area contributed by atoms with Crippen LogP contribution in [0.2, 0.25) is 0 Å². The van der Waals surface area contributed by atoms with E-state index in [0.717, 1.165) is 11.1 Å². The Kier molecular flexibility index (Phi) is 39.5. The number of aliphatic carboxylic acids is 2. The van der Waals surface area contributed by atoms with E-state index in [4.69, 9.17) is 17.2 Å². The van der Waals surface area contributed by atoms with E-state index in [-0.39, 0.29) is 106 Å². The molecule has 2 bridgehead atoms. The van der Waals surface area contributed by atoms with Crippen molar-refractivity contribution in [1.29, 1.82) is 0 Å². The van der Waals surface area contributed by atoms with Crippen molar-refractivity contribution in [2.24, 2.45) is 35.0 Å². The summed E-state index contributed by atoms with van der Waals surface area (Å²) in [6.07, 6.45) is 3.70. The quantitative estimate of drug-likeness (QED) is 0.0246. The number of aromatic hydroxyl groups is 1. The van der Waals surface area contributed by atoms with Gasteiger partial charge in [0.05, 0.1) is 12.5 Å². The zero-order valence-corrected chi connectivity index (χ0v) is 74.5. The minimum atomic E-state index is -1.91. The van der Waals surface area contributed by atoms with Gasteiger partial charge in [0.15, 0.2) is 0 Å². The highest BCUT2D eigenvalue weighted by Crippen LogP contribution is 2.27. The molecule has 6 aromatic rings. The maximum atomic E-state index is 15.7. The summed E-state index contributed by atoms with van der Waals surface area (Å²) in [4.78, 5) is 223. The molecule has 35 nitrogen and oxygen atoms in total. The van der Waals surface area contributed by atoms with Crippen LogP contribution in [-0.4, -0.2) is 234 Å². The van der Waals surface area contributed by atoms with Crippen LogP contribution in [0, 0.1) is 17.8 Å². The first kappa shape index (κ1) is 100. The number of carbonyl (C=O) groups is 15. The molecule has 2 aliphatic rings. The largest absolute Gasteiger partial charge is 0.508 e. The summed E-state index contributed by atoms with van der Waals surface area (Å²) >= 11 is 4.03. The second kappa shape index (κ2) is 49.6. The minimum absolute atomic E-state index is 0.00968. The third-order valence-electron chi connectivity index (χ3n) is 22.0. The summed E-state index contributed by atoms with van der Waals surface area (Å²) in [6.45, 7) is 10.9. The predicted molar refractivity (Wildman–Crippen MR) is 481 cm³/mol. The molecule has 13 amide bonds. The van der Waals surface area contributed by atoms with E-state index < -0.39 is 192 Å². The second-order valence-corrected chi connectivity index (χ2v) is 35.9. The van der Waals surface area contributed by atoms with Crippen LogP contribution in [0.3, 0.4) is 0 Å². The summed E-state index contributed by atoms with van der Waals surface area (Å²) in [5, 5.41) is 61.8. The highest BCUT2D eigenvalue weighted by Gasteiger charge is 2.43. The first-order chi connectivity index (χ1) is 60.1. The number of thioether (sulfide) groups is 3. The zero-order chi connectivity index (χ0) is 91.8. The van der Waals surface area contributed by atoms with Crippen molar-refractivity contribution in [3.8, 4) is 5.75 Å². The van der Waals surface area contributed by atoms with Crippen LogP contribution >= 0.6 is 35.3 Å². The Labute approximate surface area is 744 Å². The van der Waals surface area contributed by atoms with Crippen LogP contribution in [0.4, 0.5) is 0 Å². The SMILES string of the molecule is CC[C@H](C)[C@@H]1NC(=O)[C@H](CC(C)C)NC(=O)[C@H](CCCCN)NC(=O)[C@@H](NC(=O)[C@H](CC(C)C)NC(=O)[C@H](CCC(=O)O)NC(=O)[C@@H]2CCCN2C(=O)[C@H](Cc2c[nH]c3ccccc23)NC(=O)[C@H](Cc2c[nH]c3ccccc23)NC(=O)[C@H](CC(=O)O)NC(=O)[C@H](Cc2ccc(O)cc2)NC(=O)[C@@H](N)CCSC)CSCc2cccc(c2)CSC[C@@H](C(N)=O)NC1=O. The summed E-state index contributed by atoms with van der Waals surface area (Å²) in [7, 11) is 0. The first-order valence-corrected chi connectivity index (χ1v) is 46.3. The van der Waals surface area contributed by atoms with Gasteiger partial charge in [-0.25, -0.2) is 0 Å². The maximum absolute atomic E-state index is 15.7. The molecule has 684 valence electrons. The topological polar surface area (TPSA) is 562 Å². The average Bonchev–Trinajstić information content (AvgIpc) is 1.64. The van der Waals surface area contributed by atoms with Crippen molar-refractivity contribution in [2.45, 2.75) is 228 Å². The number of benzene rings is 4.